The fourth-order valence-corrected chi connectivity index (χ4v) is 10.0. The van der Waals surface area contributed by atoms with E-state index < -0.39 is 43.0 Å². The molecule has 0 fully saturated rings. The zero-order valence-electron chi connectivity index (χ0n) is 50.3. The Morgan fingerprint density at radius 3 is 2.06 bits per heavy atom. The van der Waals surface area contributed by atoms with E-state index in [1.54, 1.807) is 54.9 Å². The number of hydrogen-bond donors (Lipinski definition) is 0. The summed E-state index contributed by atoms with van der Waals surface area (Å²) in [6.45, 7) is 9.40. The van der Waals surface area contributed by atoms with E-state index >= 15 is 0 Å². The zero-order chi connectivity index (χ0) is 57.0. The third-order valence-electron chi connectivity index (χ3n) is 13.0. The highest BCUT2D eigenvalue weighted by Crippen LogP contribution is 2.52. The zero-order valence-corrected chi connectivity index (χ0v) is 40.3. The molecule has 12 bridgehead atoms. The second-order valence-electron chi connectivity index (χ2n) is 18.7. The lowest BCUT2D eigenvalue weighted by Gasteiger charge is -2.28. The van der Waals surface area contributed by atoms with Crippen LogP contribution in [0.25, 0.3) is 61.0 Å². The predicted octanol–water partition coefficient (Wildman–Crippen LogP) is 17.7. The highest BCUT2D eigenvalue weighted by molar-refractivity contribution is 6.09. The van der Waals surface area contributed by atoms with E-state index in [4.69, 9.17) is 17.2 Å². The Morgan fingerprint density at radius 1 is 0.577 bits per heavy atom. The first-order chi connectivity index (χ1) is 38.7. The molecule has 0 spiro atoms. The van der Waals surface area contributed by atoms with Gasteiger partial charge in [-0.1, -0.05) is 132 Å². The molecule has 4 aliphatic rings. The predicted molar refractivity (Wildman–Crippen MR) is 295 cm³/mol. The van der Waals surface area contributed by atoms with Gasteiger partial charge >= 0.3 is 0 Å². The number of benzene rings is 8. The van der Waals surface area contributed by atoms with Gasteiger partial charge in [-0.15, -0.1) is 0 Å². The Kier molecular flexibility index (Phi) is 8.85. The van der Waals surface area contributed by atoms with Crippen molar-refractivity contribution >= 4 is 44.6 Å². The third kappa shape index (κ3) is 8.27. The molecule has 6 heteroatoms. The monoisotopic (exact) mass is 937 g/mol. The van der Waals surface area contributed by atoms with Gasteiger partial charge in [0.1, 0.15) is 35.5 Å². The summed E-state index contributed by atoms with van der Waals surface area (Å²) in [4.78, 5) is 9.39. The average molecular weight is 937 g/mol. The first-order valence-electron chi connectivity index (χ1n) is 29.3. The topological polar surface area (TPSA) is 42.8 Å². The Balaban J connectivity index is 1.15. The van der Waals surface area contributed by atoms with Gasteiger partial charge in [0.2, 0.25) is 0 Å². The van der Waals surface area contributed by atoms with E-state index in [1.807, 2.05) is 136 Å². The molecule has 0 saturated carbocycles. The Labute approximate surface area is 431 Å². The Bertz CT molecular complexity index is 4140. The van der Waals surface area contributed by atoms with Gasteiger partial charge in [0.25, 0.3) is 0 Å². The maximum Gasteiger partial charge on any atom is 0.137 e. The van der Waals surface area contributed by atoms with Crippen molar-refractivity contribution in [3.05, 3.63) is 205 Å². The molecule has 0 atom stereocenters. The summed E-state index contributed by atoms with van der Waals surface area (Å²) in [5.41, 5.74) is 9.49. The van der Waals surface area contributed by atoms with Crippen LogP contribution in [0.5, 0.6) is 23.0 Å². The molecule has 10 aromatic rings. The second kappa shape index (κ2) is 18.3. The van der Waals surface area contributed by atoms with E-state index in [1.165, 1.54) is 0 Å². The molecule has 350 valence electrons. The number of nitrogens with zero attached hydrogens (tertiary/aromatic N) is 4. The summed E-state index contributed by atoms with van der Waals surface area (Å²) in [7, 11) is 0. The Hall–Kier alpha value is -8.09. The first kappa shape index (κ1) is 34.2. The molecule has 8 aromatic carbocycles. The van der Waals surface area contributed by atoms with Crippen LogP contribution in [0.15, 0.2) is 188 Å². The lowest BCUT2D eigenvalue weighted by Crippen LogP contribution is -2.25. The molecule has 0 saturated heterocycles. The van der Waals surface area contributed by atoms with Crippen LogP contribution < -0.4 is 19.3 Å². The highest BCUT2D eigenvalue weighted by Gasteiger charge is 2.32. The van der Waals surface area contributed by atoms with E-state index in [0.29, 0.717) is 62.6 Å². The van der Waals surface area contributed by atoms with Crippen molar-refractivity contribution in [2.45, 2.75) is 60.2 Å². The van der Waals surface area contributed by atoms with Gasteiger partial charge in [0, 0.05) is 59.7 Å². The molecule has 14 rings (SSSR count). The number of aromatic nitrogens is 2. The van der Waals surface area contributed by atoms with Crippen LogP contribution in [0, 0.1) is 11.8 Å². The highest BCUT2D eigenvalue weighted by atomic mass is 16.5. The van der Waals surface area contributed by atoms with Crippen LogP contribution in [-0.4, -0.2) is 16.2 Å². The molecule has 6 nitrogen and oxygen atoms in total. The van der Waals surface area contributed by atoms with E-state index in [-0.39, 0.29) is 46.7 Å². The molecule has 0 amide bonds. The number of anilines is 4. The second-order valence-corrected chi connectivity index (χ2v) is 18.7. The molecule has 0 aliphatic carbocycles. The number of aryl methyl sites for hydroxylation is 1. The average Bonchev–Trinajstić information content (AvgIpc) is 4.20. The fraction of sp³-hybridized carbons (Fsp3) is 0.185. The van der Waals surface area contributed by atoms with Crippen molar-refractivity contribution < 1.29 is 23.2 Å². The Morgan fingerprint density at radius 2 is 1.27 bits per heavy atom. The largest absolute Gasteiger partial charge is 0.457 e. The van der Waals surface area contributed by atoms with Crippen LogP contribution >= 0.6 is 0 Å². The molecule has 2 aromatic heterocycles. The van der Waals surface area contributed by atoms with Crippen LogP contribution in [0.3, 0.4) is 0 Å². The van der Waals surface area contributed by atoms with Gasteiger partial charge in [-0.25, -0.2) is 4.98 Å². The van der Waals surface area contributed by atoms with Crippen molar-refractivity contribution in [3.63, 3.8) is 0 Å². The third-order valence-corrected chi connectivity index (χ3v) is 13.0. The minimum Gasteiger partial charge on any atom is -0.457 e. The maximum absolute atomic E-state index is 9.59. The summed E-state index contributed by atoms with van der Waals surface area (Å²) in [6.07, 6.45) is -3.63. The number of para-hydroxylation sites is 3. The molecular weight excluding hydrogens is 869 g/mol. The van der Waals surface area contributed by atoms with Crippen molar-refractivity contribution in [2.75, 3.05) is 16.5 Å². The van der Waals surface area contributed by atoms with Crippen molar-refractivity contribution in [1.29, 1.82) is 0 Å². The summed E-state index contributed by atoms with van der Waals surface area (Å²) in [5.74, 6) is 0.831. The molecule has 4 aliphatic heterocycles. The van der Waals surface area contributed by atoms with E-state index in [0.717, 1.165) is 39.3 Å². The van der Waals surface area contributed by atoms with Crippen LogP contribution in [0.2, 0.25) is 0 Å². The van der Waals surface area contributed by atoms with Gasteiger partial charge < -0.3 is 19.3 Å². The quantitative estimate of drug-likeness (QED) is 0.159. The van der Waals surface area contributed by atoms with Crippen molar-refractivity contribution in [1.82, 2.24) is 9.55 Å². The fourth-order valence-electron chi connectivity index (χ4n) is 10.0. The van der Waals surface area contributed by atoms with Crippen molar-refractivity contribution in [2.24, 2.45) is 11.8 Å². The summed E-state index contributed by atoms with van der Waals surface area (Å²) < 4.78 is 108. The summed E-state index contributed by atoms with van der Waals surface area (Å²) >= 11 is 0. The standard InChI is InChI=1S/C65H58N4O2/c1-6-15-44-34-56(45-16-8-7-9-17-45)65-57(35-44)47-18-14-19-52(36-47)70-51-28-25-46(26-29-51)58-40-66-64(37-49(58)33-43(4)5)69-59-21-11-10-20-54(59)55-31-30-53(39-62(55)69)71-63-38-50(27-24-48(63)32-42(2)3)67-41-68(65)61-23-13-12-22-60(61)67/h7-14,16-31,34-40,42-43H,6,15,32-33,41H2,1-5H3/i10D,11D,15D2,20D,21D,32D2,33D2. The smallest absolute Gasteiger partial charge is 0.137 e. The van der Waals surface area contributed by atoms with E-state index in [9.17, 15) is 11.0 Å². The molecular formula is C65H58N4O2. The minimum atomic E-state index is -1.92. The van der Waals surface area contributed by atoms with Gasteiger partial charge in [0.15, 0.2) is 0 Å². The van der Waals surface area contributed by atoms with Crippen LogP contribution in [0.4, 0.5) is 22.7 Å². The molecule has 71 heavy (non-hydrogen) atoms. The number of hydrogen-bond acceptors (Lipinski definition) is 5. The van der Waals surface area contributed by atoms with Gasteiger partial charge in [-0.05, 0) is 143 Å². The van der Waals surface area contributed by atoms with Crippen LogP contribution in [-0.2, 0) is 19.1 Å². The first-order valence-corrected chi connectivity index (χ1v) is 24.3. The number of rotatable bonds is 7. The number of ether oxygens (including phenoxy) is 2. The number of fused-ring (bicyclic) bond motifs is 5. The maximum atomic E-state index is 9.59. The molecule has 6 heterocycles. The van der Waals surface area contributed by atoms with Gasteiger partial charge in [-0.2, -0.15) is 0 Å². The van der Waals surface area contributed by atoms with Gasteiger partial charge in [-0.3, -0.25) is 4.57 Å². The molecule has 0 radical (unpaired) electrons. The minimum absolute atomic E-state index is 0.153. The van der Waals surface area contributed by atoms with Crippen LogP contribution in [0.1, 0.15) is 71.4 Å². The summed E-state index contributed by atoms with van der Waals surface area (Å²) in [6, 6.07) is 48.2. The normalized spacial score (nSPS) is 15.5. The van der Waals surface area contributed by atoms with E-state index in [2.05, 4.69) is 21.9 Å². The van der Waals surface area contributed by atoms with Crippen molar-refractivity contribution in [3.8, 4) is 62.2 Å². The summed E-state index contributed by atoms with van der Waals surface area (Å²) in [5, 5.41) is 0.736. The lowest BCUT2D eigenvalue weighted by molar-refractivity contribution is 0.471. The molecule has 0 N–H and O–H groups in total. The molecule has 0 unspecified atom stereocenters. The van der Waals surface area contributed by atoms with Gasteiger partial charge in [0.05, 0.1) is 33.6 Å². The SMILES string of the molecule is [2H]c1c([2H])c([2H])c2c(c1[2H])c1ccc3cc1n2-c1cc(C([2H])([2H])C(C)C)c(cn1)-c1ccc(cc1)Oc1cccc(c1)-c1cc(C([2H])([2H])CC)cc(-c2ccccc2)c1N1CN(c2ccc(C([2H])([2H])C(C)C)c(c2)O3)c2ccccc21. The number of pyridine rings is 1. The lowest BCUT2D eigenvalue weighted by atomic mass is 9.91.